The van der Waals surface area contributed by atoms with Gasteiger partial charge in [-0.25, -0.2) is 0 Å². The monoisotopic (exact) mass is 233 g/mol. The lowest BCUT2D eigenvalue weighted by atomic mass is 10.1. The molecule has 0 saturated carbocycles. The molecular weight excluding hydrogens is 222 g/mol. The Balaban J connectivity index is 2.07. The molecule has 1 aromatic carbocycles. The van der Waals surface area contributed by atoms with Crippen molar-refractivity contribution >= 4 is 5.91 Å². The lowest BCUT2D eigenvalue weighted by Gasteiger charge is -2.06. The molecule has 0 aliphatic carbocycles. The third kappa shape index (κ3) is 2.39. The Morgan fingerprint density at radius 1 is 1.29 bits per heavy atom. The van der Waals surface area contributed by atoms with Crippen molar-refractivity contribution in [2.75, 3.05) is 0 Å². The molecule has 2 rings (SSSR count). The second-order valence-electron chi connectivity index (χ2n) is 3.49. The molecule has 1 heterocycles. The molecule has 1 aromatic heterocycles. The minimum atomic E-state index is -0.459. The van der Waals surface area contributed by atoms with Crippen molar-refractivity contribution in [2.45, 2.75) is 6.54 Å². The number of amides is 1. The lowest BCUT2D eigenvalue weighted by Crippen LogP contribution is -2.22. The minimum absolute atomic E-state index is 0.0356. The van der Waals surface area contributed by atoms with E-state index in [0.717, 1.165) is 5.56 Å². The molecular formula is C12H11NO4. The fourth-order valence-corrected chi connectivity index (χ4v) is 1.39. The van der Waals surface area contributed by atoms with Gasteiger partial charge in [0.05, 0.1) is 18.1 Å². The summed E-state index contributed by atoms with van der Waals surface area (Å²) >= 11 is 0. The number of phenolic OH excluding ortho intramolecular Hbond substituents is 2. The van der Waals surface area contributed by atoms with Crippen LogP contribution in [0.3, 0.4) is 0 Å². The third-order valence-electron chi connectivity index (χ3n) is 2.29. The number of furan rings is 1. The van der Waals surface area contributed by atoms with E-state index in [0.29, 0.717) is 6.54 Å². The Hall–Kier alpha value is -2.43. The summed E-state index contributed by atoms with van der Waals surface area (Å²) in [6, 6.07) is 5.95. The van der Waals surface area contributed by atoms with Gasteiger partial charge in [-0.3, -0.25) is 4.79 Å². The predicted molar refractivity (Wildman–Crippen MR) is 59.6 cm³/mol. The molecule has 0 fully saturated rings. The number of carbonyl (C=O) groups is 1. The smallest absolute Gasteiger partial charge is 0.255 e. The maximum Gasteiger partial charge on any atom is 0.255 e. The van der Waals surface area contributed by atoms with Gasteiger partial charge in [0.15, 0.2) is 11.5 Å². The summed E-state index contributed by atoms with van der Waals surface area (Å²) in [7, 11) is 0. The van der Waals surface area contributed by atoms with Crippen molar-refractivity contribution in [3.8, 4) is 11.5 Å². The highest BCUT2D eigenvalue weighted by Crippen LogP contribution is 2.27. The first kappa shape index (κ1) is 11.1. The van der Waals surface area contributed by atoms with E-state index >= 15 is 0 Å². The van der Waals surface area contributed by atoms with Crippen LogP contribution in [0.4, 0.5) is 0 Å². The van der Waals surface area contributed by atoms with Crippen molar-refractivity contribution in [1.29, 1.82) is 0 Å². The highest BCUT2D eigenvalue weighted by molar-refractivity contribution is 5.97. The Labute approximate surface area is 97.3 Å². The van der Waals surface area contributed by atoms with Crippen LogP contribution in [0.2, 0.25) is 0 Å². The second kappa shape index (κ2) is 4.61. The first-order chi connectivity index (χ1) is 8.18. The van der Waals surface area contributed by atoms with E-state index in [9.17, 15) is 15.0 Å². The summed E-state index contributed by atoms with van der Waals surface area (Å²) in [6.45, 7) is 0.296. The summed E-state index contributed by atoms with van der Waals surface area (Å²) < 4.78 is 4.85. The molecule has 2 aromatic rings. The molecule has 0 unspecified atom stereocenters. The zero-order valence-electron chi connectivity index (χ0n) is 8.88. The van der Waals surface area contributed by atoms with Gasteiger partial charge in [-0.05, 0) is 18.2 Å². The number of aromatic hydroxyl groups is 2. The number of carbonyl (C=O) groups excluding carboxylic acids is 1. The highest BCUT2D eigenvalue weighted by atomic mass is 16.3. The van der Waals surface area contributed by atoms with Crippen LogP contribution in [0, 0.1) is 0 Å². The molecule has 17 heavy (non-hydrogen) atoms. The number of hydrogen-bond donors (Lipinski definition) is 3. The molecule has 88 valence electrons. The summed E-state index contributed by atoms with van der Waals surface area (Å²) in [5.74, 6) is -1.20. The summed E-state index contributed by atoms with van der Waals surface area (Å²) in [5, 5.41) is 21.4. The first-order valence-electron chi connectivity index (χ1n) is 4.98. The lowest BCUT2D eigenvalue weighted by molar-refractivity contribution is 0.0947. The van der Waals surface area contributed by atoms with E-state index < -0.39 is 11.7 Å². The molecule has 5 nitrogen and oxygen atoms in total. The largest absolute Gasteiger partial charge is 0.504 e. The van der Waals surface area contributed by atoms with Gasteiger partial charge in [-0.1, -0.05) is 6.07 Å². The summed E-state index contributed by atoms with van der Waals surface area (Å²) in [5.41, 5.74) is 0.853. The molecule has 0 radical (unpaired) electrons. The van der Waals surface area contributed by atoms with E-state index in [-0.39, 0.29) is 11.3 Å². The average Bonchev–Trinajstić information content (AvgIpc) is 2.82. The number of para-hydroxylation sites is 1. The van der Waals surface area contributed by atoms with Gasteiger partial charge in [-0.2, -0.15) is 0 Å². The number of nitrogens with one attached hydrogen (secondary N) is 1. The quantitative estimate of drug-likeness (QED) is 0.703. The van der Waals surface area contributed by atoms with Crippen LogP contribution in [0.15, 0.2) is 41.2 Å². The van der Waals surface area contributed by atoms with Gasteiger partial charge in [0, 0.05) is 12.1 Å². The van der Waals surface area contributed by atoms with Crippen LogP contribution in [0.25, 0.3) is 0 Å². The molecule has 0 aliphatic rings. The number of hydrogen-bond acceptors (Lipinski definition) is 4. The van der Waals surface area contributed by atoms with E-state index in [1.165, 1.54) is 30.7 Å². The van der Waals surface area contributed by atoms with Crippen molar-refractivity contribution < 1.29 is 19.4 Å². The second-order valence-corrected chi connectivity index (χ2v) is 3.49. The Morgan fingerprint density at radius 3 is 2.82 bits per heavy atom. The molecule has 0 atom stereocenters. The van der Waals surface area contributed by atoms with Crippen molar-refractivity contribution in [3.63, 3.8) is 0 Å². The standard InChI is InChI=1S/C12H11NO4/c14-10-3-1-2-9(11(10)15)12(16)13-6-8-4-5-17-7-8/h1-5,7,14-15H,6H2,(H,13,16). The molecule has 0 aliphatic heterocycles. The number of benzene rings is 1. The Morgan fingerprint density at radius 2 is 2.12 bits per heavy atom. The third-order valence-corrected chi connectivity index (χ3v) is 2.29. The van der Waals surface area contributed by atoms with Gasteiger partial charge in [0.2, 0.25) is 0 Å². The first-order valence-corrected chi connectivity index (χ1v) is 4.98. The zero-order chi connectivity index (χ0) is 12.3. The van der Waals surface area contributed by atoms with Crippen LogP contribution >= 0.6 is 0 Å². The number of rotatable bonds is 3. The van der Waals surface area contributed by atoms with E-state index in [2.05, 4.69) is 5.32 Å². The minimum Gasteiger partial charge on any atom is -0.504 e. The molecule has 1 amide bonds. The van der Waals surface area contributed by atoms with Crippen LogP contribution in [0.1, 0.15) is 15.9 Å². The molecule has 0 bridgehead atoms. The van der Waals surface area contributed by atoms with E-state index in [1.807, 2.05) is 0 Å². The van der Waals surface area contributed by atoms with E-state index in [1.54, 1.807) is 6.07 Å². The van der Waals surface area contributed by atoms with Crippen LogP contribution in [-0.4, -0.2) is 16.1 Å². The Kier molecular flexibility index (Phi) is 3.00. The van der Waals surface area contributed by atoms with Crippen LogP contribution < -0.4 is 5.32 Å². The van der Waals surface area contributed by atoms with Gasteiger partial charge in [0.25, 0.3) is 5.91 Å². The van der Waals surface area contributed by atoms with Gasteiger partial charge >= 0.3 is 0 Å². The summed E-state index contributed by atoms with van der Waals surface area (Å²) in [6.07, 6.45) is 3.02. The topological polar surface area (TPSA) is 82.7 Å². The normalized spacial score (nSPS) is 10.1. The zero-order valence-corrected chi connectivity index (χ0v) is 8.88. The fourth-order valence-electron chi connectivity index (χ4n) is 1.39. The highest BCUT2D eigenvalue weighted by Gasteiger charge is 2.13. The summed E-state index contributed by atoms with van der Waals surface area (Å²) in [4.78, 5) is 11.7. The SMILES string of the molecule is O=C(NCc1ccoc1)c1cccc(O)c1O. The predicted octanol–water partition coefficient (Wildman–Crippen LogP) is 1.62. The van der Waals surface area contributed by atoms with Crippen molar-refractivity contribution in [3.05, 3.63) is 47.9 Å². The van der Waals surface area contributed by atoms with Crippen LogP contribution in [0.5, 0.6) is 11.5 Å². The number of phenols is 2. The maximum atomic E-state index is 11.7. The van der Waals surface area contributed by atoms with E-state index in [4.69, 9.17) is 4.42 Å². The van der Waals surface area contributed by atoms with Gasteiger partial charge in [-0.15, -0.1) is 0 Å². The molecule has 5 heteroatoms. The van der Waals surface area contributed by atoms with Crippen molar-refractivity contribution in [1.82, 2.24) is 5.32 Å². The average molecular weight is 233 g/mol. The van der Waals surface area contributed by atoms with Crippen LogP contribution in [-0.2, 0) is 6.54 Å². The van der Waals surface area contributed by atoms with Gasteiger partial charge < -0.3 is 19.9 Å². The van der Waals surface area contributed by atoms with Crippen molar-refractivity contribution in [2.24, 2.45) is 0 Å². The molecule has 0 spiro atoms. The molecule has 0 saturated heterocycles. The maximum absolute atomic E-state index is 11.7. The Bertz CT molecular complexity index is 519. The fraction of sp³-hybridized carbons (Fsp3) is 0.0833. The molecule has 3 N–H and O–H groups in total. The van der Waals surface area contributed by atoms with Gasteiger partial charge in [0.1, 0.15) is 0 Å².